The summed E-state index contributed by atoms with van der Waals surface area (Å²) >= 11 is 1.44. The smallest absolute Gasteiger partial charge is 0.228 e. The Morgan fingerprint density at radius 3 is 2.66 bits per heavy atom. The number of fused-ring (bicyclic) bond motifs is 1. The van der Waals surface area contributed by atoms with E-state index in [0.29, 0.717) is 5.82 Å². The lowest BCUT2D eigenvalue weighted by atomic mass is 10.1. The van der Waals surface area contributed by atoms with Crippen LogP contribution in [0.2, 0.25) is 0 Å². The van der Waals surface area contributed by atoms with Gasteiger partial charge in [0.2, 0.25) is 5.91 Å². The second-order valence-electron chi connectivity index (χ2n) is 7.09. The second kappa shape index (κ2) is 7.25. The molecule has 0 radical (unpaired) electrons. The van der Waals surface area contributed by atoms with E-state index < -0.39 is 0 Å². The van der Waals surface area contributed by atoms with Gasteiger partial charge in [-0.15, -0.1) is 0 Å². The van der Waals surface area contributed by atoms with Gasteiger partial charge in [-0.3, -0.25) is 4.79 Å². The Morgan fingerprint density at radius 2 is 1.90 bits per heavy atom. The fraction of sp³-hybridized carbons (Fsp3) is 0.182. The van der Waals surface area contributed by atoms with E-state index >= 15 is 0 Å². The van der Waals surface area contributed by atoms with Crippen LogP contribution in [0.3, 0.4) is 0 Å². The molecule has 0 unspecified atom stereocenters. The molecule has 4 aromatic rings. The summed E-state index contributed by atoms with van der Waals surface area (Å²) < 4.78 is 4.63. The van der Waals surface area contributed by atoms with Gasteiger partial charge in [0.1, 0.15) is 11.6 Å². The molecule has 0 saturated heterocycles. The number of pyridine rings is 2. The van der Waals surface area contributed by atoms with Crippen LogP contribution in [0.4, 0.5) is 11.6 Å². The quantitative estimate of drug-likeness (QED) is 0.502. The van der Waals surface area contributed by atoms with Crippen LogP contribution in [-0.4, -0.2) is 27.3 Å². The highest BCUT2D eigenvalue weighted by molar-refractivity contribution is 7.10. The second-order valence-corrected chi connectivity index (χ2v) is 7.90. The number of hydrogen-bond acceptors (Lipinski definition) is 6. The lowest BCUT2D eigenvalue weighted by Gasteiger charge is -2.11. The van der Waals surface area contributed by atoms with Crippen LogP contribution >= 0.6 is 11.5 Å². The number of hydrogen-bond donors (Lipinski definition) is 2. The molecule has 0 aliphatic heterocycles. The molecule has 6 nitrogen and oxygen atoms in total. The SMILES string of the molecule is CNc1ncc(-c2cc(-c3ccccc3)ns2)c2cc(NC(=O)C3CC3)ncc12. The van der Waals surface area contributed by atoms with Crippen LogP contribution in [0.25, 0.3) is 32.5 Å². The van der Waals surface area contributed by atoms with Crippen LogP contribution in [0.5, 0.6) is 0 Å². The molecule has 1 aliphatic rings. The molecule has 7 heteroatoms. The number of aromatic nitrogens is 3. The highest BCUT2D eigenvalue weighted by atomic mass is 32.1. The molecule has 1 saturated carbocycles. The Labute approximate surface area is 172 Å². The molecule has 144 valence electrons. The average Bonchev–Trinajstić information content (AvgIpc) is 3.51. The Balaban J connectivity index is 1.59. The summed E-state index contributed by atoms with van der Waals surface area (Å²) in [4.78, 5) is 22.2. The number of anilines is 2. The molecule has 0 atom stereocenters. The first-order valence-corrected chi connectivity index (χ1v) is 10.3. The average molecular weight is 401 g/mol. The van der Waals surface area contributed by atoms with Crippen molar-refractivity contribution in [2.45, 2.75) is 12.8 Å². The van der Waals surface area contributed by atoms with Crippen LogP contribution in [-0.2, 0) is 4.79 Å². The number of rotatable bonds is 5. The van der Waals surface area contributed by atoms with Crippen molar-refractivity contribution in [1.82, 2.24) is 14.3 Å². The highest BCUT2D eigenvalue weighted by Gasteiger charge is 2.29. The molecular formula is C22H19N5OS. The van der Waals surface area contributed by atoms with Crippen LogP contribution < -0.4 is 10.6 Å². The van der Waals surface area contributed by atoms with Gasteiger partial charge in [0.15, 0.2) is 0 Å². The summed E-state index contributed by atoms with van der Waals surface area (Å²) in [5.74, 6) is 1.50. The molecule has 1 fully saturated rings. The molecule has 5 rings (SSSR count). The van der Waals surface area contributed by atoms with Crippen molar-refractivity contribution in [1.29, 1.82) is 0 Å². The third-order valence-electron chi connectivity index (χ3n) is 5.05. The van der Waals surface area contributed by atoms with Gasteiger partial charge in [0.05, 0.1) is 10.6 Å². The Bertz CT molecular complexity index is 1200. The van der Waals surface area contributed by atoms with E-state index in [1.54, 1.807) is 6.20 Å². The normalized spacial score (nSPS) is 13.4. The van der Waals surface area contributed by atoms with Crippen molar-refractivity contribution >= 4 is 39.8 Å². The van der Waals surface area contributed by atoms with E-state index in [-0.39, 0.29) is 11.8 Å². The first-order chi connectivity index (χ1) is 14.2. The Morgan fingerprint density at radius 1 is 1.07 bits per heavy atom. The summed E-state index contributed by atoms with van der Waals surface area (Å²) in [5, 5.41) is 7.94. The van der Waals surface area contributed by atoms with Crippen LogP contribution in [0.15, 0.2) is 54.9 Å². The van der Waals surface area contributed by atoms with E-state index in [9.17, 15) is 4.79 Å². The number of carbonyl (C=O) groups excluding carboxylic acids is 1. The van der Waals surface area contributed by atoms with Crippen molar-refractivity contribution in [3.8, 4) is 21.7 Å². The lowest BCUT2D eigenvalue weighted by Crippen LogP contribution is -2.14. The van der Waals surface area contributed by atoms with E-state index in [0.717, 1.165) is 51.1 Å². The molecule has 1 amide bonds. The lowest BCUT2D eigenvalue weighted by molar-refractivity contribution is -0.117. The van der Waals surface area contributed by atoms with Gasteiger partial charge in [0, 0.05) is 47.3 Å². The van der Waals surface area contributed by atoms with Crippen molar-refractivity contribution < 1.29 is 4.79 Å². The number of amides is 1. The van der Waals surface area contributed by atoms with E-state index in [1.807, 2.05) is 37.5 Å². The minimum Gasteiger partial charge on any atom is -0.373 e. The number of nitrogens with zero attached hydrogens (tertiary/aromatic N) is 3. The maximum atomic E-state index is 12.2. The van der Waals surface area contributed by atoms with E-state index in [2.05, 4.69) is 43.2 Å². The van der Waals surface area contributed by atoms with Gasteiger partial charge in [0.25, 0.3) is 0 Å². The summed E-state index contributed by atoms with van der Waals surface area (Å²) in [5.41, 5.74) is 2.99. The summed E-state index contributed by atoms with van der Waals surface area (Å²) in [7, 11) is 1.84. The highest BCUT2D eigenvalue weighted by Crippen LogP contribution is 2.37. The summed E-state index contributed by atoms with van der Waals surface area (Å²) in [6.45, 7) is 0. The van der Waals surface area contributed by atoms with Crippen molar-refractivity contribution in [3.63, 3.8) is 0 Å². The first-order valence-electron chi connectivity index (χ1n) is 9.53. The fourth-order valence-corrected chi connectivity index (χ4v) is 4.10. The maximum Gasteiger partial charge on any atom is 0.228 e. The minimum atomic E-state index is 0.0467. The van der Waals surface area contributed by atoms with Crippen molar-refractivity contribution in [2.24, 2.45) is 5.92 Å². The maximum absolute atomic E-state index is 12.2. The van der Waals surface area contributed by atoms with Crippen LogP contribution in [0, 0.1) is 5.92 Å². The monoisotopic (exact) mass is 401 g/mol. The van der Waals surface area contributed by atoms with E-state index in [1.165, 1.54) is 11.5 Å². The summed E-state index contributed by atoms with van der Waals surface area (Å²) in [6.07, 6.45) is 5.53. The largest absolute Gasteiger partial charge is 0.373 e. The number of nitrogens with one attached hydrogen (secondary N) is 2. The predicted octanol–water partition coefficient (Wildman–Crippen LogP) is 4.81. The zero-order valence-electron chi connectivity index (χ0n) is 15.8. The van der Waals surface area contributed by atoms with E-state index in [4.69, 9.17) is 0 Å². The van der Waals surface area contributed by atoms with Crippen molar-refractivity contribution in [2.75, 3.05) is 17.7 Å². The first kappa shape index (κ1) is 17.8. The number of carbonyl (C=O) groups is 1. The fourth-order valence-electron chi connectivity index (χ4n) is 3.32. The third-order valence-corrected chi connectivity index (χ3v) is 5.88. The molecule has 0 bridgehead atoms. The molecule has 1 aromatic carbocycles. The molecule has 2 N–H and O–H groups in total. The zero-order chi connectivity index (χ0) is 19.8. The van der Waals surface area contributed by atoms with Gasteiger partial charge in [-0.05, 0) is 36.5 Å². The van der Waals surface area contributed by atoms with Gasteiger partial charge in [-0.25, -0.2) is 9.97 Å². The summed E-state index contributed by atoms with van der Waals surface area (Å²) in [6, 6.07) is 14.1. The number of benzene rings is 1. The van der Waals surface area contributed by atoms with Crippen molar-refractivity contribution in [3.05, 3.63) is 54.9 Å². The van der Waals surface area contributed by atoms with Gasteiger partial charge >= 0.3 is 0 Å². The third kappa shape index (κ3) is 3.45. The standard InChI is InChI=1S/C22H19N5OS/c1-23-21-17-12-24-20(26-22(28)14-7-8-14)9-15(17)16(11-25-21)19-10-18(27-29-19)13-5-3-2-4-6-13/h2-6,9-12,14H,7-8H2,1H3,(H,23,25)(H,24,26,28). The van der Waals surface area contributed by atoms with Gasteiger partial charge in [-0.2, -0.15) is 4.37 Å². The molecule has 29 heavy (non-hydrogen) atoms. The molecular weight excluding hydrogens is 382 g/mol. The molecule has 1 aliphatic carbocycles. The zero-order valence-corrected chi connectivity index (χ0v) is 16.7. The molecule has 3 aromatic heterocycles. The van der Waals surface area contributed by atoms with Gasteiger partial charge in [-0.1, -0.05) is 30.3 Å². The predicted molar refractivity (Wildman–Crippen MR) is 117 cm³/mol. The van der Waals surface area contributed by atoms with Crippen LogP contribution in [0.1, 0.15) is 12.8 Å². The molecule has 0 spiro atoms. The Hall–Kier alpha value is -3.32. The molecule has 3 heterocycles. The van der Waals surface area contributed by atoms with Gasteiger partial charge < -0.3 is 10.6 Å². The minimum absolute atomic E-state index is 0.0467. The Kier molecular flexibility index (Phi) is 4.44. The topological polar surface area (TPSA) is 79.8 Å².